The van der Waals surface area contributed by atoms with Crippen LogP contribution >= 0.6 is 0 Å². The van der Waals surface area contributed by atoms with Gasteiger partial charge in [-0.15, -0.1) is 0 Å². The highest BCUT2D eigenvalue weighted by Gasteiger charge is 2.48. The molecule has 0 saturated carbocycles. The maximum Gasteiger partial charge on any atom is 0.140 e. The Morgan fingerprint density at radius 3 is 2.55 bits per heavy atom. The Morgan fingerprint density at radius 1 is 1.20 bits per heavy atom. The summed E-state index contributed by atoms with van der Waals surface area (Å²) >= 11 is 0. The number of Topliss-reactive ketones (excluding diaryl/α,β-unsaturated/α-hetero) is 1. The molecule has 2 aliphatic rings. The lowest BCUT2D eigenvalue weighted by Gasteiger charge is -2.43. The second-order valence-electron chi connectivity index (χ2n) is 6.80. The fourth-order valence-electron chi connectivity index (χ4n) is 4.28. The quantitative estimate of drug-likeness (QED) is 0.839. The van der Waals surface area contributed by atoms with Crippen LogP contribution in [0.1, 0.15) is 44.6 Å². The lowest BCUT2D eigenvalue weighted by atomic mass is 9.72. The van der Waals surface area contributed by atoms with Crippen molar-refractivity contribution in [2.45, 2.75) is 51.1 Å². The van der Waals surface area contributed by atoms with Crippen LogP contribution in [0.4, 0.5) is 0 Å². The number of hydrogen-bond acceptors (Lipinski definition) is 2. The summed E-state index contributed by atoms with van der Waals surface area (Å²) < 4.78 is 0. The smallest absolute Gasteiger partial charge is 0.140 e. The summed E-state index contributed by atoms with van der Waals surface area (Å²) in [5.74, 6) is 1.19. The molecule has 108 valence electrons. The number of carbonyl (C=O) groups excluding carboxylic acids is 1. The van der Waals surface area contributed by atoms with Crippen molar-refractivity contribution in [2.75, 3.05) is 7.05 Å². The first-order chi connectivity index (χ1) is 9.59. The average molecular weight is 271 g/mol. The molecule has 2 bridgehead atoms. The fraction of sp³-hybridized carbons (Fsp3) is 0.611. The molecule has 2 fully saturated rings. The molecule has 4 atom stereocenters. The van der Waals surface area contributed by atoms with Gasteiger partial charge in [-0.05, 0) is 37.8 Å². The summed E-state index contributed by atoms with van der Waals surface area (Å²) in [5.41, 5.74) is 1.36. The molecule has 2 heterocycles. The third kappa shape index (κ3) is 2.20. The minimum Gasteiger partial charge on any atom is -0.300 e. The van der Waals surface area contributed by atoms with Crippen molar-refractivity contribution in [3.8, 4) is 0 Å². The van der Waals surface area contributed by atoms with Crippen LogP contribution in [-0.2, 0) is 4.79 Å². The maximum atomic E-state index is 12.8. The molecular weight excluding hydrogens is 246 g/mol. The van der Waals surface area contributed by atoms with Crippen molar-refractivity contribution in [1.29, 1.82) is 0 Å². The van der Waals surface area contributed by atoms with Gasteiger partial charge in [0.1, 0.15) is 5.78 Å². The Bertz CT molecular complexity index is 481. The van der Waals surface area contributed by atoms with Gasteiger partial charge in [0, 0.05) is 23.9 Å². The molecule has 0 aliphatic carbocycles. The van der Waals surface area contributed by atoms with E-state index in [2.05, 4.69) is 42.3 Å². The Kier molecular flexibility index (Phi) is 3.68. The molecule has 2 heteroatoms. The highest BCUT2D eigenvalue weighted by atomic mass is 16.1. The molecule has 2 aliphatic heterocycles. The second-order valence-corrected chi connectivity index (χ2v) is 6.80. The number of carbonyl (C=O) groups is 1. The number of ketones is 1. The zero-order valence-corrected chi connectivity index (χ0v) is 12.8. The molecule has 1 aromatic carbocycles. The Labute approximate surface area is 122 Å². The van der Waals surface area contributed by atoms with E-state index in [4.69, 9.17) is 0 Å². The highest BCUT2D eigenvalue weighted by molar-refractivity contribution is 5.84. The molecule has 0 amide bonds. The van der Waals surface area contributed by atoms with Crippen molar-refractivity contribution in [1.82, 2.24) is 4.90 Å². The van der Waals surface area contributed by atoms with Crippen molar-refractivity contribution >= 4 is 5.78 Å². The summed E-state index contributed by atoms with van der Waals surface area (Å²) in [5, 5.41) is 0. The SMILES string of the molecule is CC(C)C(=O)C1C2CC[C@H](C[C@@H]1c1ccccc1)N2C. The molecule has 3 rings (SSSR count). The molecule has 2 saturated heterocycles. The molecular formula is C18H25NO. The van der Waals surface area contributed by atoms with Crippen LogP contribution in [0.5, 0.6) is 0 Å². The van der Waals surface area contributed by atoms with Gasteiger partial charge in [0.15, 0.2) is 0 Å². The van der Waals surface area contributed by atoms with Crippen molar-refractivity contribution in [2.24, 2.45) is 11.8 Å². The van der Waals surface area contributed by atoms with Gasteiger partial charge in [0.2, 0.25) is 0 Å². The number of fused-ring (bicyclic) bond motifs is 2. The van der Waals surface area contributed by atoms with E-state index in [1.54, 1.807) is 0 Å². The third-order valence-corrected chi connectivity index (χ3v) is 5.39. The van der Waals surface area contributed by atoms with E-state index in [0.29, 0.717) is 23.8 Å². The molecule has 0 spiro atoms. The zero-order chi connectivity index (χ0) is 14.3. The van der Waals surface area contributed by atoms with E-state index in [0.717, 1.165) is 6.42 Å². The van der Waals surface area contributed by atoms with E-state index >= 15 is 0 Å². The van der Waals surface area contributed by atoms with Crippen LogP contribution < -0.4 is 0 Å². The topological polar surface area (TPSA) is 20.3 Å². The molecule has 2 unspecified atom stereocenters. The standard InChI is InChI=1S/C18H25NO/c1-12(2)18(20)17-15(13-7-5-4-6-8-13)11-14-9-10-16(17)19(14)3/h4-8,12,14-17H,9-11H2,1-3H3/t14-,15-,16?,17?/m1/s1. The number of nitrogens with zero attached hydrogens (tertiary/aromatic N) is 1. The normalized spacial score (nSPS) is 33.6. The third-order valence-electron chi connectivity index (χ3n) is 5.39. The number of piperidine rings is 1. The van der Waals surface area contributed by atoms with Gasteiger partial charge in [0.05, 0.1) is 0 Å². The number of hydrogen-bond donors (Lipinski definition) is 0. The maximum absolute atomic E-state index is 12.8. The van der Waals surface area contributed by atoms with Crippen LogP contribution in [0.25, 0.3) is 0 Å². The minimum atomic E-state index is 0.136. The number of rotatable bonds is 3. The van der Waals surface area contributed by atoms with Gasteiger partial charge in [-0.1, -0.05) is 44.2 Å². The van der Waals surface area contributed by atoms with E-state index in [1.165, 1.54) is 18.4 Å². The summed E-state index contributed by atoms with van der Waals surface area (Å²) in [6.07, 6.45) is 3.58. The largest absolute Gasteiger partial charge is 0.300 e. The molecule has 0 aromatic heterocycles. The van der Waals surface area contributed by atoms with Gasteiger partial charge < -0.3 is 0 Å². The van der Waals surface area contributed by atoms with Crippen molar-refractivity contribution in [3.05, 3.63) is 35.9 Å². The second kappa shape index (κ2) is 5.33. The molecule has 20 heavy (non-hydrogen) atoms. The molecule has 0 radical (unpaired) electrons. The van der Waals surface area contributed by atoms with E-state index in [1.807, 2.05) is 13.8 Å². The van der Waals surface area contributed by atoms with Crippen molar-refractivity contribution < 1.29 is 4.79 Å². The van der Waals surface area contributed by atoms with Crippen molar-refractivity contribution in [3.63, 3.8) is 0 Å². The Morgan fingerprint density at radius 2 is 1.90 bits per heavy atom. The minimum absolute atomic E-state index is 0.136. The molecule has 0 N–H and O–H groups in total. The Hall–Kier alpha value is -1.15. The van der Waals surface area contributed by atoms with E-state index in [9.17, 15) is 4.79 Å². The van der Waals surface area contributed by atoms with Crippen LogP contribution in [0.15, 0.2) is 30.3 Å². The average Bonchev–Trinajstić information content (AvgIpc) is 2.70. The predicted molar refractivity (Wildman–Crippen MR) is 81.7 cm³/mol. The zero-order valence-electron chi connectivity index (χ0n) is 12.8. The van der Waals surface area contributed by atoms with Gasteiger partial charge in [-0.3, -0.25) is 9.69 Å². The van der Waals surface area contributed by atoms with Crippen LogP contribution in [0.2, 0.25) is 0 Å². The summed E-state index contributed by atoms with van der Waals surface area (Å²) in [7, 11) is 2.21. The predicted octanol–water partition coefficient (Wildman–Crippen LogP) is 3.48. The summed E-state index contributed by atoms with van der Waals surface area (Å²) in [6.45, 7) is 4.09. The summed E-state index contributed by atoms with van der Waals surface area (Å²) in [6, 6.07) is 11.8. The molecule has 2 nitrogen and oxygen atoms in total. The van der Waals surface area contributed by atoms with E-state index in [-0.39, 0.29) is 11.8 Å². The summed E-state index contributed by atoms with van der Waals surface area (Å²) in [4.78, 5) is 15.3. The lowest BCUT2D eigenvalue weighted by Crippen LogP contribution is -2.49. The van der Waals surface area contributed by atoms with Gasteiger partial charge >= 0.3 is 0 Å². The van der Waals surface area contributed by atoms with Gasteiger partial charge in [0.25, 0.3) is 0 Å². The first-order valence-electron chi connectivity index (χ1n) is 7.90. The lowest BCUT2D eigenvalue weighted by molar-refractivity contribution is -0.130. The number of benzene rings is 1. The molecule has 1 aromatic rings. The first-order valence-corrected chi connectivity index (χ1v) is 7.90. The van der Waals surface area contributed by atoms with Crippen LogP contribution in [-0.4, -0.2) is 29.8 Å². The highest BCUT2D eigenvalue weighted by Crippen LogP contribution is 2.47. The van der Waals surface area contributed by atoms with Crippen LogP contribution in [0, 0.1) is 11.8 Å². The van der Waals surface area contributed by atoms with Gasteiger partial charge in [-0.2, -0.15) is 0 Å². The van der Waals surface area contributed by atoms with Crippen LogP contribution in [0.3, 0.4) is 0 Å². The van der Waals surface area contributed by atoms with E-state index < -0.39 is 0 Å². The monoisotopic (exact) mass is 271 g/mol. The Balaban J connectivity index is 1.97. The fourth-order valence-corrected chi connectivity index (χ4v) is 4.28. The van der Waals surface area contributed by atoms with Gasteiger partial charge in [-0.25, -0.2) is 0 Å². The first kappa shape index (κ1) is 13.8.